The van der Waals surface area contributed by atoms with Gasteiger partial charge in [0.05, 0.1) is 19.3 Å². The molecule has 1 heterocycles. The maximum Gasteiger partial charge on any atom is 0.184 e. The van der Waals surface area contributed by atoms with E-state index in [4.69, 9.17) is 14.2 Å². The van der Waals surface area contributed by atoms with Crippen LogP contribution >= 0.6 is 0 Å². The first-order valence-electron chi connectivity index (χ1n) is 5.36. The minimum absolute atomic E-state index is 0.0423. The van der Waals surface area contributed by atoms with Crippen molar-refractivity contribution < 1.29 is 18.6 Å². The highest BCUT2D eigenvalue weighted by atomic mass is 19.1. The van der Waals surface area contributed by atoms with Gasteiger partial charge in [0.15, 0.2) is 17.9 Å². The summed E-state index contributed by atoms with van der Waals surface area (Å²) in [4.78, 5) is 0. The Morgan fingerprint density at radius 3 is 2.56 bits per heavy atom. The van der Waals surface area contributed by atoms with Crippen molar-refractivity contribution in [3.8, 4) is 5.75 Å². The first kappa shape index (κ1) is 11.4. The predicted octanol–water partition coefficient (Wildman–Crippen LogP) is 2.66. The van der Waals surface area contributed by atoms with Crippen molar-refractivity contribution in [3.05, 3.63) is 29.6 Å². The summed E-state index contributed by atoms with van der Waals surface area (Å²) < 4.78 is 29.5. The Morgan fingerprint density at radius 1 is 1.31 bits per heavy atom. The first-order valence-corrected chi connectivity index (χ1v) is 5.36. The zero-order valence-electron chi connectivity index (χ0n) is 9.40. The first-order chi connectivity index (χ1) is 7.66. The van der Waals surface area contributed by atoms with E-state index >= 15 is 0 Å². The van der Waals surface area contributed by atoms with Crippen LogP contribution in [0.2, 0.25) is 0 Å². The quantitative estimate of drug-likeness (QED) is 0.793. The van der Waals surface area contributed by atoms with E-state index in [9.17, 15) is 4.39 Å². The highest BCUT2D eigenvalue weighted by molar-refractivity contribution is 5.30. The molecule has 16 heavy (non-hydrogen) atoms. The summed E-state index contributed by atoms with van der Waals surface area (Å²) in [5, 5.41) is 0. The Hall–Kier alpha value is -1.13. The van der Waals surface area contributed by atoms with Crippen LogP contribution in [0.15, 0.2) is 18.2 Å². The summed E-state index contributed by atoms with van der Waals surface area (Å²) in [7, 11) is 0. The lowest BCUT2D eigenvalue weighted by Gasteiger charge is -2.13. The summed E-state index contributed by atoms with van der Waals surface area (Å²) in [6.45, 7) is 4.82. The Bertz CT molecular complexity index is 359. The molecule has 0 amide bonds. The molecule has 88 valence electrons. The van der Waals surface area contributed by atoms with Crippen molar-refractivity contribution in [2.75, 3.05) is 13.2 Å². The van der Waals surface area contributed by atoms with E-state index in [-0.39, 0.29) is 17.7 Å². The Kier molecular flexibility index (Phi) is 3.41. The minimum atomic E-state index is -0.442. The highest BCUT2D eigenvalue weighted by Crippen LogP contribution is 2.27. The van der Waals surface area contributed by atoms with E-state index in [2.05, 4.69) is 0 Å². The van der Waals surface area contributed by atoms with E-state index in [0.29, 0.717) is 18.8 Å². The van der Waals surface area contributed by atoms with E-state index in [1.807, 2.05) is 13.8 Å². The molecule has 1 aromatic rings. The molecule has 0 aromatic heterocycles. The number of hydrogen-bond donors (Lipinski definition) is 0. The van der Waals surface area contributed by atoms with Gasteiger partial charge in [0.1, 0.15) is 0 Å². The third-order valence-electron chi connectivity index (χ3n) is 2.21. The Labute approximate surface area is 94.1 Å². The number of rotatable bonds is 3. The fourth-order valence-electron chi connectivity index (χ4n) is 1.56. The van der Waals surface area contributed by atoms with Crippen molar-refractivity contribution in [2.24, 2.45) is 0 Å². The van der Waals surface area contributed by atoms with Crippen molar-refractivity contribution >= 4 is 0 Å². The van der Waals surface area contributed by atoms with Gasteiger partial charge in [-0.15, -0.1) is 0 Å². The average Bonchev–Trinajstić information content (AvgIpc) is 2.73. The molecule has 1 fully saturated rings. The number of benzene rings is 1. The molecule has 2 rings (SSSR count). The zero-order valence-corrected chi connectivity index (χ0v) is 9.40. The average molecular weight is 226 g/mol. The molecular formula is C12H15FO3. The second kappa shape index (κ2) is 4.80. The van der Waals surface area contributed by atoms with Crippen LogP contribution in [-0.4, -0.2) is 19.3 Å². The standard InChI is InChI=1S/C12H15FO3/c1-8(2)16-11-4-3-9(7-10(11)13)12-14-5-6-15-12/h3-4,7-8,12H,5-6H2,1-2H3. The molecule has 0 unspecified atom stereocenters. The zero-order chi connectivity index (χ0) is 11.5. The Balaban J connectivity index is 2.15. The van der Waals surface area contributed by atoms with Crippen LogP contribution in [0.4, 0.5) is 4.39 Å². The van der Waals surface area contributed by atoms with Crippen LogP contribution in [0.3, 0.4) is 0 Å². The van der Waals surface area contributed by atoms with E-state index in [1.54, 1.807) is 12.1 Å². The van der Waals surface area contributed by atoms with Crippen molar-refractivity contribution in [1.82, 2.24) is 0 Å². The normalized spacial score (nSPS) is 17.0. The fraction of sp³-hybridized carbons (Fsp3) is 0.500. The lowest BCUT2D eigenvalue weighted by atomic mass is 10.2. The number of hydrogen-bond acceptors (Lipinski definition) is 3. The van der Waals surface area contributed by atoms with Gasteiger partial charge in [-0.3, -0.25) is 0 Å². The van der Waals surface area contributed by atoms with Crippen LogP contribution in [0.1, 0.15) is 25.7 Å². The monoisotopic (exact) mass is 226 g/mol. The lowest BCUT2D eigenvalue weighted by Crippen LogP contribution is -2.07. The lowest BCUT2D eigenvalue weighted by molar-refractivity contribution is -0.0443. The van der Waals surface area contributed by atoms with Gasteiger partial charge in [0.25, 0.3) is 0 Å². The molecular weight excluding hydrogens is 211 g/mol. The van der Waals surface area contributed by atoms with Crippen molar-refractivity contribution in [2.45, 2.75) is 26.2 Å². The number of halogens is 1. The minimum Gasteiger partial charge on any atom is -0.488 e. The summed E-state index contributed by atoms with van der Waals surface area (Å²) in [6, 6.07) is 4.76. The van der Waals surface area contributed by atoms with Crippen LogP contribution in [-0.2, 0) is 9.47 Å². The molecule has 0 radical (unpaired) electrons. The van der Waals surface area contributed by atoms with Crippen LogP contribution < -0.4 is 4.74 Å². The van der Waals surface area contributed by atoms with Gasteiger partial charge in [-0.05, 0) is 26.0 Å². The molecule has 0 saturated carbocycles. The van der Waals surface area contributed by atoms with Crippen molar-refractivity contribution in [3.63, 3.8) is 0 Å². The van der Waals surface area contributed by atoms with Gasteiger partial charge in [0.2, 0.25) is 0 Å². The SMILES string of the molecule is CC(C)Oc1ccc(C2OCCO2)cc1F. The summed E-state index contributed by atoms with van der Waals surface area (Å²) in [5.41, 5.74) is 0.686. The second-order valence-electron chi connectivity index (χ2n) is 3.93. The van der Waals surface area contributed by atoms with Gasteiger partial charge >= 0.3 is 0 Å². The molecule has 0 aliphatic carbocycles. The summed E-state index contributed by atoms with van der Waals surface area (Å²) >= 11 is 0. The van der Waals surface area contributed by atoms with E-state index in [1.165, 1.54) is 6.07 Å². The second-order valence-corrected chi connectivity index (χ2v) is 3.93. The molecule has 3 nitrogen and oxygen atoms in total. The largest absolute Gasteiger partial charge is 0.488 e. The molecule has 0 N–H and O–H groups in total. The fourth-order valence-corrected chi connectivity index (χ4v) is 1.56. The molecule has 0 atom stereocenters. The molecule has 0 spiro atoms. The summed E-state index contributed by atoms with van der Waals surface area (Å²) in [5.74, 6) is -0.123. The summed E-state index contributed by atoms with van der Waals surface area (Å²) in [6.07, 6.45) is -0.484. The van der Waals surface area contributed by atoms with Gasteiger partial charge in [-0.1, -0.05) is 6.07 Å². The molecule has 0 bridgehead atoms. The maximum absolute atomic E-state index is 13.6. The van der Waals surface area contributed by atoms with Crippen LogP contribution in [0, 0.1) is 5.82 Å². The van der Waals surface area contributed by atoms with Gasteiger partial charge < -0.3 is 14.2 Å². The molecule has 4 heteroatoms. The third-order valence-corrected chi connectivity index (χ3v) is 2.21. The number of ether oxygens (including phenoxy) is 3. The maximum atomic E-state index is 13.6. The highest BCUT2D eigenvalue weighted by Gasteiger charge is 2.19. The van der Waals surface area contributed by atoms with Gasteiger partial charge in [0, 0.05) is 5.56 Å². The smallest absolute Gasteiger partial charge is 0.184 e. The van der Waals surface area contributed by atoms with E-state index < -0.39 is 6.29 Å². The third kappa shape index (κ3) is 2.51. The molecule has 1 aliphatic rings. The van der Waals surface area contributed by atoms with Crippen LogP contribution in [0.5, 0.6) is 5.75 Å². The molecule has 1 aromatic carbocycles. The topological polar surface area (TPSA) is 27.7 Å². The van der Waals surface area contributed by atoms with Gasteiger partial charge in [-0.25, -0.2) is 4.39 Å². The van der Waals surface area contributed by atoms with Crippen LogP contribution in [0.25, 0.3) is 0 Å². The van der Waals surface area contributed by atoms with Crippen molar-refractivity contribution in [1.29, 1.82) is 0 Å². The van der Waals surface area contributed by atoms with Gasteiger partial charge in [-0.2, -0.15) is 0 Å². The molecule has 1 aliphatic heterocycles. The van der Waals surface area contributed by atoms with E-state index in [0.717, 1.165) is 0 Å². The predicted molar refractivity (Wildman–Crippen MR) is 56.8 cm³/mol. The Morgan fingerprint density at radius 2 is 2.00 bits per heavy atom. The molecule has 1 saturated heterocycles.